The summed E-state index contributed by atoms with van der Waals surface area (Å²) in [6.45, 7) is 9.58. The molecule has 3 atom stereocenters. The van der Waals surface area contributed by atoms with E-state index < -0.39 is 11.5 Å². The Morgan fingerprint density at radius 1 is 1.09 bits per heavy atom. The van der Waals surface area contributed by atoms with Crippen LogP contribution in [0.1, 0.15) is 87.2 Å². The summed E-state index contributed by atoms with van der Waals surface area (Å²) in [5, 5.41) is 32.7. The Balaban J connectivity index is 0.903. The molecule has 7 rings (SSSR count). The molecule has 16 nitrogen and oxygen atoms in total. The van der Waals surface area contributed by atoms with Crippen LogP contribution in [0, 0.1) is 28.6 Å². The Kier molecular flexibility index (Phi) is 10.8. The molecule has 2 aliphatic heterocycles. The first-order valence-corrected chi connectivity index (χ1v) is 19.3. The van der Waals surface area contributed by atoms with Crippen molar-refractivity contribution < 1.29 is 14.4 Å². The van der Waals surface area contributed by atoms with E-state index >= 15 is 0 Å². The molecule has 3 fully saturated rings. The van der Waals surface area contributed by atoms with Crippen LogP contribution in [0.3, 0.4) is 0 Å². The van der Waals surface area contributed by atoms with Gasteiger partial charge in [-0.2, -0.15) is 20.3 Å². The van der Waals surface area contributed by atoms with E-state index in [0.29, 0.717) is 46.9 Å². The zero-order valence-electron chi connectivity index (χ0n) is 32.0. The minimum Gasteiger partial charge on any atom is -0.383 e. The summed E-state index contributed by atoms with van der Waals surface area (Å²) in [7, 11) is 0. The highest BCUT2D eigenvalue weighted by molar-refractivity contribution is 6.03. The first kappa shape index (κ1) is 38.2. The molecule has 0 unspecified atom stereocenters. The number of piperidine rings is 1. The predicted octanol–water partition coefficient (Wildman–Crippen LogP) is 3.57. The van der Waals surface area contributed by atoms with Gasteiger partial charge in [-0.25, -0.2) is 15.0 Å². The van der Waals surface area contributed by atoms with E-state index in [-0.39, 0.29) is 41.2 Å². The highest BCUT2D eigenvalue weighted by Crippen LogP contribution is 2.33. The van der Waals surface area contributed by atoms with Crippen molar-refractivity contribution >= 4 is 46.1 Å². The molecule has 0 aromatic carbocycles. The molecule has 5 N–H and O–H groups in total. The number of nitrogens with one attached hydrogen (secondary N) is 3. The second kappa shape index (κ2) is 15.9. The molecule has 290 valence electrons. The van der Waals surface area contributed by atoms with Gasteiger partial charge in [0.25, 0.3) is 5.91 Å². The van der Waals surface area contributed by atoms with Crippen molar-refractivity contribution in [1.82, 2.24) is 40.3 Å². The number of carbonyl (C=O) groups is 3. The quantitative estimate of drug-likeness (QED) is 0.170. The number of imide groups is 1. The number of carbonyl (C=O) groups excluding carboxylic acids is 3. The van der Waals surface area contributed by atoms with Gasteiger partial charge in [-0.3, -0.25) is 24.6 Å². The lowest BCUT2D eigenvalue weighted by atomic mass is 9.76. The number of nitrogen functional groups attached to an aromatic ring is 1. The molecule has 1 saturated carbocycles. The Hall–Kier alpha value is -6.13. The van der Waals surface area contributed by atoms with Crippen molar-refractivity contribution in [1.29, 1.82) is 10.5 Å². The summed E-state index contributed by atoms with van der Waals surface area (Å²) in [4.78, 5) is 56.4. The summed E-state index contributed by atoms with van der Waals surface area (Å²) >= 11 is 0. The highest BCUT2D eigenvalue weighted by atomic mass is 16.2. The van der Waals surface area contributed by atoms with Gasteiger partial charge in [-0.15, -0.1) is 0 Å². The molecule has 3 amide bonds. The van der Waals surface area contributed by atoms with Gasteiger partial charge in [0.1, 0.15) is 23.7 Å². The molecular formula is C40H47N13O3. The molecule has 0 spiro atoms. The van der Waals surface area contributed by atoms with Crippen LogP contribution in [0.15, 0.2) is 42.9 Å². The molecule has 6 heterocycles. The molecule has 1 aliphatic carbocycles. The minimum absolute atomic E-state index is 0.0382. The number of nitriles is 2. The zero-order valence-corrected chi connectivity index (χ0v) is 32.0. The van der Waals surface area contributed by atoms with Crippen molar-refractivity contribution in [2.24, 2.45) is 5.92 Å². The van der Waals surface area contributed by atoms with Crippen molar-refractivity contribution in [3.05, 3.63) is 59.5 Å². The smallest absolute Gasteiger partial charge is 0.255 e. The third-order valence-corrected chi connectivity index (χ3v) is 11.6. The Morgan fingerprint density at radius 3 is 2.57 bits per heavy atom. The van der Waals surface area contributed by atoms with Crippen molar-refractivity contribution in [3.8, 4) is 18.0 Å². The molecule has 56 heavy (non-hydrogen) atoms. The minimum atomic E-state index is -0.754. The fourth-order valence-corrected chi connectivity index (χ4v) is 8.12. The molecule has 3 aliphatic rings. The van der Waals surface area contributed by atoms with Crippen molar-refractivity contribution in [3.63, 3.8) is 0 Å². The maximum absolute atomic E-state index is 13.6. The second-order valence-corrected chi connectivity index (χ2v) is 15.5. The van der Waals surface area contributed by atoms with Gasteiger partial charge >= 0.3 is 0 Å². The van der Waals surface area contributed by atoms with Crippen LogP contribution in [0.5, 0.6) is 0 Å². The summed E-state index contributed by atoms with van der Waals surface area (Å²) in [5.74, 6) is 1.20. The standard InChI is InChI=1S/C40H47N13O3/c1-24(18-41)47-32-17-34(53-37-28(20-46-53)16-27(19-42)36(43)50-37)45-22-31(32)38(55)48-30-7-4-26(5-8-30)11-13-51-14-15-52(25(2)23-51)33-9-6-29(21-44-33)40(3)12-10-35(54)49-39(40)56/h6,9,16-17,20-22,24-26,30H,4-5,7-8,10-15,23H2,1-3H3,(H2,43,50)(H,45,47)(H,48,55)(H,49,54,56)/t24-,25+,26?,30?,40-/m1/s1. The van der Waals surface area contributed by atoms with Gasteiger partial charge in [0.2, 0.25) is 11.8 Å². The summed E-state index contributed by atoms with van der Waals surface area (Å²) in [5.41, 5.74) is 7.49. The van der Waals surface area contributed by atoms with E-state index in [1.54, 1.807) is 31.5 Å². The normalized spacial score (nSPS) is 23.5. The number of anilines is 3. The van der Waals surface area contributed by atoms with Gasteiger partial charge in [-0.1, -0.05) is 6.07 Å². The number of hydrogen-bond donors (Lipinski definition) is 4. The number of pyridine rings is 3. The lowest BCUT2D eigenvalue weighted by Gasteiger charge is -2.41. The van der Waals surface area contributed by atoms with E-state index in [4.69, 9.17) is 10.7 Å². The monoisotopic (exact) mass is 757 g/mol. The van der Waals surface area contributed by atoms with Crippen LogP contribution in [0.2, 0.25) is 0 Å². The number of fused-ring (bicyclic) bond motifs is 1. The SMILES string of the molecule is C[C@H](C#N)Nc1cc(-n2ncc3cc(C#N)c(N)nc32)ncc1C(=O)NC1CCC(CCN2CCN(c3ccc([C@@]4(C)CCC(=O)NC4=O)cn3)[C@@H](C)C2)CC1. The molecule has 0 bridgehead atoms. The van der Waals surface area contributed by atoms with Crippen LogP contribution >= 0.6 is 0 Å². The summed E-state index contributed by atoms with van der Waals surface area (Å²) in [6, 6.07) is 11.2. The number of nitrogens with two attached hydrogens (primary N) is 1. The average Bonchev–Trinajstić information content (AvgIpc) is 3.61. The lowest BCUT2D eigenvalue weighted by Crippen LogP contribution is -2.52. The molecule has 16 heteroatoms. The Bertz CT molecular complexity index is 2220. The van der Waals surface area contributed by atoms with Crippen molar-refractivity contribution in [2.45, 2.75) is 89.3 Å². The molecule has 0 radical (unpaired) electrons. The lowest BCUT2D eigenvalue weighted by molar-refractivity contribution is -0.137. The largest absolute Gasteiger partial charge is 0.383 e. The third-order valence-electron chi connectivity index (χ3n) is 11.6. The predicted molar refractivity (Wildman–Crippen MR) is 210 cm³/mol. The first-order chi connectivity index (χ1) is 26.9. The first-order valence-electron chi connectivity index (χ1n) is 19.3. The number of aromatic nitrogens is 5. The average molecular weight is 758 g/mol. The number of hydrogen-bond acceptors (Lipinski definition) is 13. The van der Waals surface area contributed by atoms with E-state index in [1.165, 1.54) is 10.9 Å². The summed E-state index contributed by atoms with van der Waals surface area (Å²) in [6.07, 6.45) is 10.6. The van der Waals surface area contributed by atoms with E-state index in [9.17, 15) is 24.9 Å². The Morgan fingerprint density at radius 2 is 1.88 bits per heavy atom. The molecule has 4 aromatic heterocycles. The molecule has 2 saturated heterocycles. The maximum atomic E-state index is 13.6. The van der Waals surface area contributed by atoms with E-state index in [2.05, 4.69) is 53.8 Å². The topological polar surface area (TPSA) is 224 Å². The number of piperazine rings is 1. The van der Waals surface area contributed by atoms with Gasteiger partial charge in [0.15, 0.2) is 11.5 Å². The second-order valence-electron chi connectivity index (χ2n) is 15.5. The van der Waals surface area contributed by atoms with E-state index in [1.807, 2.05) is 25.1 Å². The van der Waals surface area contributed by atoms with E-state index in [0.717, 1.165) is 69.7 Å². The van der Waals surface area contributed by atoms with Gasteiger partial charge in [0, 0.05) is 62.0 Å². The van der Waals surface area contributed by atoms with Crippen LogP contribution in [-0.4, -0.2) is 91.7 Å². The Labute approximate surface area is 325 Å². The van der Waals surface area contributed by atoms with Crippen molar-refractivity contribution in [2.75, 3.05) is 42.1 Å². The third kappa shape index (κ3) is 7.83. The zero-order chi connectivity index (χ0) is 39.6. The number of nitrogens with zero attached hydrogens (tertiary/aromatic N) is 9. The fraction of sp³-hybridized carbons (Fsp3) is 0.475. The highest BCUT2D eigenvalue weighted by Gasteiger charge is 2.40. The number of amides is 3. The van der Waals surface area contributed by atoms with Crippen LogP contribution in [0.25, 0.3) is 16.9 Å². The number of rotatable bonds is 10. The van der Waals surface area contributed by atoms with Gasteiger partial charge < -0.3 is 21.3 Å². The van der Waals surface area contributed by atoms with Crippen LogP contribution in [-0.2, 0) is 15.0 Å². The summed E-state index contributed by atoms with van der Waals surface area (Å²) < 4.78 is 1.49. The maximum Gasteiger partial charge on any atom is 0.255 e. The van der Waals surface area contributed by atoms with Gasteiger partial charge in [-0.05, 0) is 89.5 Å². The van der Waals surface area contributed by atoms with Crippen LogP contribution < -0.4 is 26.6 Å². The molecule has 4 aromatic rings. The molecular weight excluding hydrogens is 711 g/mol. The fourth-order valence-electron chi connectivity index (χ4n) is 8.12. The van der Waals surface area contributed by atoms with Crippen LogP contribution in [0.4, 0.5) is 17.3 Å². The van der Waals surface area contributed by atoms with Gasteiger partial charge in [0.05, 0.1) is 34.5 Å².